The number of imide groups is 1. The highest BCUT2D eigenvalue weighted by Crippen LogP contribution is 2.21. The Balaban J connectivity index is 1.85. The summed E-state index contributed by atoms with van der Waals surface area (Å²) in [5.41, 5.74) is 6.25. The zero-order valence-corrected chi connectivity index (χ0v) is 12.7. The van der Waals surface area contributed by atoms with Gasteiger partial charge in [-0.3, -0.25) is 19.8 Å². The Hall–Kier alpha value is -1.66. The van der Waals surface area contributed by atoms with Crippen molar-refractivity contribution in [2.75, 3.05) is 26.2 Å². The molecule has 1 aliphatic heterocycles. The van der Waals surface area contributed by atoms with Crippen molar-refractivity contribution in [2.24, 2.45) is 24.6 Å². The number of aryl methyl sites for hydroxylation is 1. The van der Waals surface area contributed by atoms with Crippen molar-refractivity contribution in [1.82, 2.24) is 14.8 Å². The van der Waals surface area contributed by atoms with Crippen molar-refractivity contribution < 1.29 is 9.59 Å². The molecule has 2 heterocycles. The molecule has 0 spiro atoms. The molecule has 116 valence electrons. The molecule has 1 aromatic heterocycles. The molecule has 0 bridgehead atoms. The molecule has 6 nitrogen and oxygen atoms in total. The topological polar surface area (TPSA) is 80.4 Å². The largest absolute Gasteiger partial charge is 0.347 e. The number of hydrogen-bond donors (Lipinski definition) is 2. The maximum Gasteiger partial charge on any atom is 0.274 e. The van der Waals surface area contributed by atoms with Gasteiger partial charge in [-0.2, -0.15) is 0 Å². The van der Waals surface area contributed by atoms with Gasteiger partial charge < -0.3 is 10.3 Å². The zero-order chi connectivity index (χ0) is 15.4. The van der Waals surface area contributed by atoms with E-state index in [-0.39, 0.29) is 18.4 Å². The summed E-state index contributed by atoms with van der Waals surface area (Å²) in [5, 5.41) is 2.44. The third kappa shape index (κ3) is 3.92. The lowest BCUT2D eigenvalue weighted by atomic mass is 9.87. The minimum absolute atomic E-state index is 0.249. The SMILES string of the molecule is CC1CCN(CC(=O)NC(=O)c2cccn2C)CC1CN. The third-order valence-electron chi connectivity index (χ3n) is 4.30. The summed E-state index contributed by atoms with van der Waals surface area (Å²) in [5.74, 6) is 0.411. The van der Waals surface area contributed by atoms with Gasteiger partial charge in [-0.15, -0.1) is 0 Å². The molecule has 2 amide bonds. The zero-order valence-electron chi connectivity index (χ0n) is 12.7. The monoisotopic (exact) mass is 292 g/mol. The van der Waals surface area contributed by atoms with Crippen molar-refractivity contribution in [2.45, 2.75) is 13.3 Å². The molecule has 1 fully saturated rings. The van der Waals surface area contributed by atoms with Crippen LogP contribution in [0.1, 0.15) is 23.8 Å². The maximum absolute atomic E-state index is 12.0. The fourth-order valence-electron chi connectivity index (χ4n) is 2.81. The summed E-state index contributed by atoms with van der Waals surface area (Å²) in [7, 11) is 1.78. The fraction of sp³-hybridized carbons (Fsp3) is 0.600. The van der Waals surface area contributed by atoms with E-state index < -0.39 is 0 Å². The number of carbonyl (C=O) groups is 2. The molecule has 1 saturated heterocycles. The van der Waals surface area contributed by atoms with Gasteiger partial charge in [-0.05, 0) is 43.5 Å². The van der Waals surface area contributed by atoms with E-state index in [1.54, 1.807) is 29.9 Å². The van der Waals surface area contributed by atoms with Crippen LogP contribution in [0.15, 0.2) is 18.3 Å². The second-order valence-electron chi connectivity index (χ2n) is 5.88. The highest BCUT2D eigenvalue weighted by Gasteiger charge is 2.26. The Bertz CT molecular complexity index is 512. The molecule has 1 aliphatic rings. The van der Waals surface area contributed by atoms with Crippen LogP contribution in [0.25, 0.3) is 0 Å². The summed E-state index contributed by atoms with van der Waals surface area (Å²) in [6, 6.07) is 3.47. The second-order valence-corrected chi connectivity index (χ2v) is 5.88. The molecular weight excluding hydrogens is 268 g/mol. The van der Waals surface area contributed by atoms with Crippen LogP contribution >= 0.6 is 0 Å². The molecule has 1 aromatic rings. The number of piperidine rings is 1. The molecule has 6 heteroatoms. The highest BCUT2D eigenvalue weighted by molar-refractivity contribution is 6.04. The first kappa shape index (κ1) is 15.7. The van der Waals surface area contributed by atoms with Crippen LogP contribution < -0.4 is 11.1 Å². The van der Waals surface area contributed by atoms with Crippen molar-refractivity contribution in [3.8, 4) is 0 Å². The van der Waals surface area contributed by atoms with Gasteiger partial charge in [0.25, 0.3) is 5.91 Å². The smallest absolute Gasteiger partial charge is 0.274 e. The minimum atomic E-state index is -0.353. The van der Waals surface area contributed by atoms with Gasteiger partial charge in [0.05, 0.1) is 6.54 Å². The molecule has 3 N–H and O–H groups in total. The molecule has 0 aliphatic carbocycles. The van der Waals surface area contributed by atoms with Crippen LogP contribution in [0.4, 0.5) is 0 Å². The molecule has 0 aromatic carbocycles. The maximum atomic E-state index is 12.0. The average Bonchev–Trinajstić information content (AvgIpc) is 2.87. The van der Waals surface area contributed by atoms with Gasteiger partial charge in [0.1, 0.15) is 5.69 Å². The predicted octanol–water partition coefficient (Wildman–Crippen LogP) is 0.198. The van der Waals surface area contributed by atoms with Crippen molar-refractivity contribution in [3.05, 3.63) is 24.0 Å². The molecule has 0 radical (unpaired) electrons. The number of hydrogen-bond acceptors (Lipinski definition) is 4. The van der Waals surface area contributed by atoms with Crippen LogP contribution in [0, 0.1) is 11.8 Å². The van der Waals surface area contributed by atoms with Gasteiger partial charge in [0.15, 0.2) is 0 Å². The van der Waals surface area contributed by atoms with Crippen molar-refractivity contribution in [3.63, 3.8) is 0 Å². The summed E-state index contributed by atoms with van der Waals surface area (Å²) in [6.07, 6.45) is 2.82. The molecule has 2 rings (SSSR count). The first-order chi connectivity index (χ1) is 10.0. The first-order valence-corrected chi connectivity index (χ1v) is 7.39. The van der Waals surface area contributed by atoms with Gasteiger partial charge >= 0.3 is 0 Å². The van der Waals surface area contributed by atoms with E-state index in [4.69, 9.17) is 5.73 Å². The Morgan fingerprint density at radius 2 is 2.24 bits per heavy atom. The van der Waals surface area contributed by atoms with E-state index in [0.717, 1.165) is 19.5 Å². The number of rotatable bonds is 4. The summed E-state index contributed by atoms with van der Waals surface area (Å²) < 4.78 is 1.69. The number of likely N-dealkylation sites (tertiary alicyclic amines) is 1. The Morgan fingerprint density at radius 1 is 1.48 bits per heavy atom. The first-order valence-electron chi connectivity index (χ1n) is 7.39. The average molecular weight is 292 g/mol. The number of nitrogens with one attached hydrogen (secondary N) is 1. The second kappa shape index (κ2) is 6.87. The number of aromatic nitrogens is 1. The van der Waals surface area contributed by atoms with E-state index in [1.807, 2.05) is 0 Å². The van der Waals surface area contributed by atoms with Gasteiger partial charge in [-0.25, -0.2) is 0 Å². The Morgan fingerprint density at radius 3 is 2.86 bits per heavy atom. The summed E-state index contributed by atoms with van der Waals surface area (Å²) in [6.45, 7) is 4.79. The van der Waals surface area contributed by atoms with Crippen LogP contribution in [0.3, 0.4) is 0 Å². The number of nitrogens with zero attached hydrogens (tertiary/aromatic N) is 2. The van der Waals surface area contributed by atoms with Gasteiger partial charge in [-0.1, -0.05) is 6.92 Å². The lowest BCUT2D eigenvalue weighted by Gasteiger charge is -2.36. The van der Waals surface area contributed by atoms with Crippen molar-refractivity contribution in [1.29, 1.82) is 0 Å². The molecule has 2 unspecified atom stereocenters. The van der Waals surface area contributed by atoms with E-state index in [0.29, 0.717) is 24.1 Å². The molecular formula is C15H24N4O2. The fourth-order valence-corrected chi connectivity index (χ4v) is 2.81. The third-order valence-corrected chi connectivity index (χ3v) is 4.30. The van der Waals surface area contributed by atoms with Crippen LogP contribution in [-0.2, 0) is 11.8 Å². The lowest BCUT2D eigenvalue weighted by Crippen LogP contribution is -2.47. The Kier molecular flexibility index (Phi) is 5.14. The van der Waals surface area contributed by atoms with E-state index in [9.17, 15) is 9.59 Å². The van der Waals surface area contributed by atoms with Gasteiger partial charge in [0, 0.05) is 19.8 Å². The summed E-state index contributed by atoms with van der Waals surface area (Å²) in [4.78, 5) is 26.0. The summed E-state index contributed by atoms with van der Waals surface area (Å²) >= 11 is 0. The number of nitrogens with two attached hydrogens (primary N) is 1. The standard InChI is InChI=1S/C15H24N4O2/c1-11-5-7-19(9-12(11)8-16)10-14(20)17-15(21)13-4-3-6-18(13)2/h3-4,6,11-12H,5,7-10,16H2,1-2H3,(H,17,20,21). The molecule has 21 heavy (non-hydrogen) atoms. The number of carbonyl (C=O) groups excluding carboxylic acids is 2. The lowest BCUT2D eigenvalue weighted by molar-refractivity contribution is -0.121. The normalized spacial score (nSPS) is 23.0. The van der Waals surface area contributed by atoms with Gasteiger partial charge in [0.2, 0.25) is 5.91 Å². The number of amides is 2. The van der Waals surface area contributed by atoms with Crippen LogP contribution in [0.5, 0.6) is 0 Å². The van der Waals surface area contributed by atoms with Crippen LogP contribution in [-0.4, -0.2) is 47.5 Å². The van der Waals surface area contributed by atoms with E-state index in [2.05, 4.69) is 17.1 Å². The van der Waals surface area contributed by atoms with E-state index in [1.165, 1.54) is 0 Å². The minimum Gasteiger partial charge on any atom is -0.347 e. The van der Waals surface area contributed by atoms with Crippen LogP contribution in [0.2, 0.25) is 0 Å². The molecule has 2 atom stereocenters. The molecule has 0 saturated carbocycles. The van der Waals surface area contributed by atoms with Crippen molar-refractivity contribution >= 4 is 11.8 Å². The Labute approximate surface area is 125 Å². The highest BCUT2D eigenvalue weighted by atomic mass is 16.2. The quantitative estimate of drug-likeness (QED) is 0.830. The predicted molar refractivity (Wildman–Crippen MR) is 80.7 cm³/mol. The van der Waals surface area contributed by atoms with E-state index >= 15 is 0 Å².